The summed E-state index contributed by atoms with van der Waals surface area (Å²) in [5.41, 5.74) is -0.656. The number of hydrogen-bond acceptors (Lipinski definition) is 15. The number of nitrogens with one attached hydrogen (secondary N) is 3. The zero-order chi connectivity index (χ0) is 33.5. The third-order valence-corrected chi connectivity index (χ3v) is 6.71. The molecule has 244 valence electrons. The second-order valence-electron chi connectivity index (χ2n) is 9.61. The first-order chi connectivity index (χ1) is 21.9. The van der Waals surface area contributed by atoms with E-state index >= 15 is 0 Å². The zero-order valence-electron chi connectivity index (χ0n) is 23.7. The molecule has 1 fully saturated rings. The van der Waals surface area contributed by atoms with Crippen LogP contribution in [0.5, 0.6) is 0 Å². The van der Waals surface area contributed by atoms with E-state index in [4.69, 9.17) is 39.3 Å². The van der Waals surface area contributed by atoms with Crippen molar-refractivity contribution in [3.63, 3.8) is 0 Å². The number of quaternary nitrogens is 3. The summed E-state index contributed by atoms with van der Waals surface area (Å²) in [6.45, 7) is -0.460. The molecule has 3 aromatic rings. The second-order valence-corrected chi connectivity index (χ2v) is 9.61. The third-order valence-electron chi connectivity index (χ3n) is 6.71. The molecule has 7 atom stereocenters. The zero-order valence-corrected chi connectivity index (χ0v) is 23.7. The highest BCUT2D eigenvalue weighted by Crippen LogP contribution is 2.28. The van der Waals surface area contributed by atoms with Crippen molar-refractivity contribution in [1.29, 1.82) is 0 Å². The van der Waals surface area contributed by atoms with Crippen LogP contribution in [0.1, 0.15) is 31.1 Å². The van der Waals surface area contributed by atoms with Crippen molar-refractivity contribution >= 4 is 40.9 Å². The first kappa shape index (κ1) is 34.0. The molecule has 4 rings (SSSR count). The number of carbonyl (C=O) groups is 4. The van der Waals surface area contributed by atoms with E-state index in [-0.39, 0.29) is 33.8 Å². The standard InChI is InChI=1S/C28H27N3O15/c1-42-28(35)24(46-27(34)17-6-12-20(13-7-17)31(40)41)23-22(45-26(33)16-4-10-19(11-5-16)30(38)39)21(14-43-23)44-25(32)15-2-8-18(9-3-15)29(36)37/h2-13,21-24,29-31,36,38,40H,14H2,1H3. The maximum Gasteiger partial charge on any atom is 0.350 e. The quantitative estimate of drug-likeness (QED) is 0.0783. The summed E-state index contributed by atoms with van der Waals surface area (Å²) in [5.74, 6) is -4.24. The summed E-state index contributed by atoms with van der Waals surface area (Å²) in [6, 6.07) is 13.9. The molecule has 1 aliphatic rings. The predicted molar refractivity (Wildman–Crippen MR) is 146 cm³/mol. The SMILES string of the molecule is COC(=O)C(OC(=O)c1ccc([NH+]([O-])O)cc1)C1OCC(OC(=O)c2ccc([NH+]([O-])O)cc2)C1OC(=O)c1ccc([NH+]([O-])O)cc1. The van der Waals surface area contributed by atoms with Crippen molar-refractivity contribution < 1.29 is 74.2 Å². The van der Waals surface area contributed by atoms with Crippen molar-refractivity contribution in [2.45, 2.75) is 24.4 Å². The molecule has 3 aromatic carbocycles. The first-order valence-electron chi connectivity index (χ1n) is 13.2. The van der Waals surface area contributed by atoms with Gasteiger partial charge < -0.3 is 39.3 Å². The van der Waals surface area contributed by atoms with Gasteiger partial charge in [0.25, 0.3) is 0 Å². The van der Waals surface area contributed by atoms with Gasteiger partial charge in [-0.15, -0.1) is 0 Å². The molecule has 18 nitrogen and oxygen atoms in total. The largest absolute Gasteiger partial charge is 0.595 e. The molecule has 0 aromatic heterocycles. The number of methoxy groups -OCH3 is 1. The lowest BCUT2D eigenvalue weighted by atomic mass is 10.0. The van der Waals surface area contributed by atoms with Crippen LogP contribution in [0.25, 0.3) is 0 Å². The average molecular weight is 646 g/mol. The Bertz CT molecular complexity index is 1530. The minimum Gasteiger partial charge on any atom is -0.595 e. The molecule has 6 N–H and O–H groups in total. The molecule has 0 bridgehead atoms. The van der Waals surface area contributed by atoms with Crippen LogP contribution < -0.4 is 15.7 Å². The molecule has 1 saturated heterocycles. The number of ether oxygens (including phenoxy) is 5. The Morgan fingerprint density at radius 1 is 0.696 bits per heavy atom. The van der Waals surface area contributed by atoms with Gasteiger partial charge in [0.1, 0.15) is 6.10 Å². The Kier molecular flexibility index (Phi) is 11.1. The van der Waals surface area contributed by atoms with Gasteiger partial charge in [-0.25, -0.2) is 34.8 Å². The van der Waals surface area contributed by atoms with Gasteiger partial charge in [-0.05, 0) is 36.4 Å². The lowest BCUT2D eigenvalue weighted by Gasteiger charge is -2.27. The van der Waals surface area contributed by atoms with Gasteiger partial charge in [-0.1, -0.05) is 0 Å². The van der Waals surface area contributed by atoms with E-state index in [0.717, 1.165) is 43.5 Å². The van der Waals surface area contributed by atoms with E-state index in [1.54, 1.807) is 0 Å². The Balaban J connectivity index is 1.61. The Labute approximate surface area is 258 Å². The van der Waals surface area contributed by atoms with Crippen molar-refractivity contribution in [2.24, 2.45) is 0 Å². The average Bonchev–Trinajstić information content (AvgIpc) is 3.43. The third kappa shape index (κ3) is 8.04. The fourth-order valence-corrected chi connectivity index (χ4v) is 4.30. The van der Waals surface area contributed by atoms with E-state index in [1.165, 1.54) is 36.4 Å². The molecule has 0 radical (unpaired) electrons. The minimum atomic E-state index is -1.89. The van der Waals surface area contributed by atoms with Crippen molar-refractivity contribution in [2.75, 3.05) is 13.7 Å². The highest BCUT2D eigenvalue weighted by atomic mass is 16.8. The molecule has 0 amide bonds. The fourth-order valence-electron chi connectivity index (χ4n) is 4.30. The van der Waals surface area contributed by atoms with E-state index in [0.29, 0.717) is 0 Å². The van der Waals surface area contributed by atoms with Crippen LogP contribution in [-0.2, 0) is 28.5 Å². The fraction of sp³-hybridized carbons (Fsp3) is 0.214. The Morgan fingerprint density at radius 2 is 1.09 bits per heavy atom. The van der Waals surface area contributed by atoms with Gasteiger partial charge in [-0.2, -0.15) is 15.7 Å². The number of rotatable bonds is 11. The molecule has 18 heteroatoms. The van der Waals surface area contributed by atoms with Crippen LogP contribution in [-0.4, -0.2) is 77.6 Å². The van der Waals surface area contributed by atoms with Gasteiger partial charge in [0, 0.05) is 36.4 Å². The van der Waals surface area contributed by atoms with E-state index in [9.17, 15) is 34.8 Å². The maximum atomic E-state index is 13.1. The summed E-state index contributed by atoms with van der Waals surface area (Å²) < 4.78 is 26.9. The van der Waals surface area contributed by atoms with Gasteiger partial charge in [0.2, 0.25) is 6.10 Å². The number of carbonyl (C=O) groups excluding carboxylic acids is 4. The molecule has 7 unspecified atom stereocenters. The molecule has 0 saturated carbocycles. The Hall–Kier alpha value is -4.86. The molecule has 0 aliphatic carbocycles. The van der Waals surface area contributed by atoms with E-state index in [2.05, 4.69) is 0 Å². The second kappa shape index (κ2) is 14.9. The summed E-state index contributed by atoms with van der Waals surface area (Å²) in [7, 11) is 0.989. The maximum absolute atomic E-state index is 13.1. The summed E-state index contributed by atoms with van der Waals surface area (Å²) in [6.07, 6.45) is -6.47. The molecule has 0 spiro atoms. The van der Waals surface area contributed by atoms with Crippen molar-refractivity contribution in [3.05, 3.63) is 105 Å². The van der Waals surface area contributed by atoms with Gasteiger partial charge >= 0.3 is 23.9 Å². The number of hydrogen-bond donors (Lipinski definition) is 6. The van der Waals surface area contributed by atoms with Gasteiger partial charge in [0.05, 0.1) is 30.4 Å². The number of esters is 4. The van der Waals surface area contributed by atoms with Crippen LogP contribution in [0.4, 0.5) is 17.1 Å². The summed E-state index contributed by atoms with van der Waals surface area (Å²) >= 11 is 0. The van der Waals surface area contributed by atoms with Crippen LogP contribution in [0.3, 0.4) is 0 Å². The lowest BCUT2D eigenvalue weighted by molar-refractivity contribution is -0.991. The minimum absolute atomic E-state index is 0.0662. The monoisotopic (exact) mass is 645 g/mol. The van der Waals surface area contributed by atoms with Gasteiger partial charge in [0.15, 0.2) is 29.3 Å². The summed E-state index contributed by atoms with van der Waals surface area (Å²) in [4.78, 5) is 51.9. The van der Waals surface area contributed by atoms with Crippen LogP contribution in [0.15, 0.2) is 72.8 Å². The molecule has 46 heavy (non-hydrogen) atoms. The van der Waals surface area contributed by atoms with E-state index < -0.39 is 70.6 Å². The highest BCUT2D eigenvalue weighted by Gasteiger charge is 2.51. The molecule has 1 aliphatic heterocycles. The van der Waals surface area contributed by atoms with Crippen molar-refractivity contribution in [3.8, 4) is 0 Å². The first-order valence-corrected chi connectivity index (χ1v) is 13.2. The smallest absolute Gasteiger partial charge is 0.350 e. The summed E-state index contributed by atoms with van der Waals surface area (Å²) in [5, 5.41) is 57.2. The van der Waals surface area contributed by atoms with Crippen LogP contribution in [0, 0.1) is 15.6 Å². The number of benzene rings is 3. The normalized spacial score (nSPS) is 20.1. The highest BCUT2D eigenvalue weighted by molar-refractivity contribution is 5.92. The predicted octanol–water partition coefficient (Wildman–Crippen LogP) is -1.55. The van der Waals surface area contributed by atoms with Crippen LogP contribution >= 0.6 is 0 Å². The van der Waals surface area contributed by atoms with E-state index in [1.807, 2.05) is 0 Å². The van der Waals surface area contributed by atoms with Gasteiger partial charge in [-0.3, -0.25) is 0 Å². The topological polar surface area (TPSA) is 258 Å². The van der Waals surface area contributed by atoms with Crippen molar-refractivity contribution in [1.82, 2.24) is 0 Å². The molecule has 1 heterocycles. The molecular formula is C28H27N3O15. The Morgan fingerprint density at radius 3 is 1.48 bits per heavy atom. The van der Waals surface area contributed by atoms with Crippen LogP contribution in [0.2, 0.25) is 0 Å². The molecular weight excluding hydrogens is 618 g/mol. The lowest BCUT2D eigenvalue weighted by Crippen LogP contribution is -2.99.